The highest BCUT2D eigenvalue weighted by molar-refractivity contribution is 9.10. The van der Waals surface area contributed by atoms with Crippen LogP contribution in [0.3, 0.4) is 0 Å². The van der Waals surface area contributed by atoms with Crippen LogP contribution in [0.1, 0.15) is 43.2 Å². The van der Waals surface area contributed by atoms with Gasteiger partial charge in [0.1, 0.15) is 0 Å². The largest absolute Gasteiger partial charge is 0.325 e. The first-order valence-electron chi connectivity index (χ1n) is 7.84. The molecule has 2 heterocycles. The summed E-state index contributed by atoms with van der Waals surface area (Å²) < 4.78 is 0.971. The molecular weight excluding hydrogens is 328 g/mol. The van der Waals surface area contributed by atoms with Gasteiger partial charge >= 0.3 is 0 Å². The molecule has 2 N–H and O–H groups in total. The summed E-state index contributed by atoms with van der Waals surface area (Å²) in [6.07, 6.45) is 5.52. The van der Waals surface area contributed by atoms with E-state index >= 15 is 0 Å². The van der Waals surface area contributed by atoms with Crippen molar-refractivity contribution in [2.24, 2.45) is 5.92 Å². The number of aryl methyl sites for hydroxylation is 2. The zero-order valence-corrected chi connectivity index (χ0v) is 14.3. The number of fused-ring (bicyclic) bond motifs is 2. The number of carbonyl (C=O) groups is 1. The molecule has 0 radical (unpaired) electrons. The van der Waals surface area contributed by atoms with Crippen molar-refractivity contribution in [1.82, 2.24) is 5.32 Å². The summed E-state index contributed by atoms with van der Waals surface area (Å²) >= 11 is 3.56. The highest BCUT2D eigenvalue weighted by Gasteiger charge is 2.34. The van der Waals surface area contributed by atoms with Crippen molar-refractivity contribution < 1.29 is 4.79 Å². The van der Waals surface area contributed by atoms with Gasteiger partial charge in [0.25, 0.3) is 0 Å². The molecule has 21 heavy (non-hydrogen) atoms. The highest BCUT2D eigenvalue weighted by atomic mass is 79.9. The number of nitrogens with one attached hydrogen (secondary N) is 2. The number of benzene rings is 1. The molecule has 1 amide bonds. The van der Waals surface area contributed by atoms with E-state index in [1.54, 1.807) is 0 Å². The van der Waals surface area contributed by atoms with E-state index in [4.69, 9.17) is 0 Å². The lowest BCUT2D eigenvalue weighted by Gasteiger charge is -2.28. The minimum absolute atomic E-state index is 0.147. The van der Waals surface area contributed by atoms with Gasteiger partial charge in [0.05, 0.1) is 5.69 Å². The minimum atomic E-state index is 0.147. The highest BCUT2D eigenvalue weighted by Crippen LogP contribution is 2.33. The summed E-state index contributed by atoms with van der Waals surface area (Å²) in [6.45, 7) is 4.10. The summed E-state index contributed by atoms with van der Waals surface area (Å²) in [5.41, 5.74) is 3.23. The summed E-state index contributed by atoms with van der Waals surface area (Å²) in [5, 5.41) is 6.73. The number of carbonyl (C=O) groups excluding carboxylic acids is 1. The lowest BCUT2D eigenvalue weighted by molar-refractivity contribution is -0.117. The van der Waals surface area contributed by atoms with Crippen LogP contribution in [0.4, 0.5) is 5.69 Å². The molecule has 0 aromatic heterocycles. The molecule has 2 saturated heterocycles. The first kappa shape index (κ1) is 15.0. The van der Waals surface area contributed by atoms with Gasteiger partial charge in [-0.25, -0.2) is 0 Å². The standard InChI is InChI=1S/C17H23BrN2O/c1-10-5-11(2)17(15(18)6-10)20-16(21)9-12-7-13-3-4-14(8-12)19-13/h5-6,12-14,19H,3-4,7-9H2,1-2H3,(H,20,21). The Labute approximate surface area is 135 Å². The van der Waals surface area contributed by atoms with Crippen LogP contribution < -0.4 is 10.6 Å². The number of rotatable bonds is 3. The van der Waals surface area contributed by atoms with Gasteiger partial charge in [-0.2, -0.15) is 0 Å². The molecule has 2 aliphatic heterocycles. The Balaban J connectivity index is 1.62. The number of hydrogen-bond donors (Lipinski definition) is 2. The first-order valence-corrected chi connectivity index (χ1v) is 8.63. The van der Waals surface area contributed by atoms with Crippen LogP contribution in [0.2, 0.25) is 0 Å². The second-order valence-electron chi connectivity index (χ2n) is 6.67. The number of hydrogen-bond acceptors (Lipinski definition) is 2. The number of anilines is 1. The Morgan fingerprint density at radius 2 is 1.95 bits per heavy atom. The second kappa shape index (κ2) is 6.09. The van der Waals surface area contributed by atoms with E-state index in [1.165, 1.54) is 18.4 Å². The van der Waals surface area contributed by atoms with Crippen molar-refractivity contribution in [1.29, 1.82) is 0 Å². The molecule has 2 fully saturated rings. The van der Waals surface area contributed by atoms with E-state index in [2.05, 4.69) is 39.6 Å². The SMILES string of the molecule is Cc1cc(C)c(NC(=O)CC2CC3CCC(C2)N3)c(Br)c1. The number of halogens is 1. The van der Waals surface area contributed by atoms with E-state index in [1.807, 2.05) is 13.0 Å². The van der Waals surface area contributed by atoms with Crippen molar-refractivity contribution in [2.45, 2.75) is 58.0 Å². The lowest BCUT2D eigenvalue weighted by atomic mass is 9.89. The van der Waals surface area contributed by atoms with Gasteiger partial charge in [0.2, 0.25) is 5.91 Å². The molecule has 3 nitrogen and oxygen atoms in total. The monoisotopic (exact) mass is 350 g/mol. The third-order valence-electron chi connectivity index (χ3n) is 4.74. The van der Waals surface area contributed by atoms with Crippen LogP contribution in [0, 0.1) is 19.8 Å². The predicted octanol–water partition coefficient (Wildman–Crippen LogP) is 3.93. The van der Waals surface area contributed by atoms with E-state index in [0.29, 0.717) is 24.4 Å². The van der Waals surface area contributed by atoms with Crippen molar-refractivity contribution in [2.75, 3.05) is 5.32 Å². The predicted molar refractivity (Wildman–Crippen MR) is 89.5 cm³/mol. The molecule has 2 aliphatic rings. The molecule has 114 valence electrons. The molecular formula is C17H23BrN2O. The van der Waals surface area contributed by atoms with Crippen molar-refractivity contribution in [3.05, 3.63) is 27.7 Å². The Morgan fingerprint density at radius 1 is 1.29 bits per heavy atom. The van der Waals surface area contributed by atoms with Gasteiger partial charge < -0.3 is 10.6 Å². The molecule has 2 atom stereocenters. The van der Waals surface area contributed by atoms with Gasteiger partial charge in [0.15, 0.2) is 0 Å². The van der Waals surface area contributed by atoms with E-state index in [0.717, 1.165) is 28.6 Å². The third kappa shape index (κ3) is 3.49. The fourth-order valence-electron chi connectivity index (χ4n) is 3.87. The van der Waals surface area contributed by atoms with Gasteiger partial charge in [-0.15, -0.1) is 0 Å². The fraction of sp³-hybridized carbons (Fsp3) is 0.588. The molecule has 0 spiro atoms. The first-order chi connectivity index (χ1) is 10.0. The zero-order chi connectivity index (χ0) is 15.0. The topological polar surface area (TPSA) is 41.1 Å². The van der Waals surface area contributed by atoms with E-state index in [9.17, 15) is 4.79 Å². The van der Waals surface area contributed by atoms with Crippen molar-refractivity contribution >= 4 is 27.5 Å². The fourth-order valence-corrected chi connectivity index (χ4v) is 4.64. The van der Waals surface area contributed by atoms with E-state index in [-0.39, 0.29) is 5.91 Å². The summed E-state index contributed by atoms with van der Waals surface area (Å²) in [4.78, 5) is 12.4. The molecule has 4 heteroatoms. The summed E-state index contributed by atoms with van der Waals surface area (Å²) in [6, 6.07) is 5.45. The second-order valence-corrected chi connectivity index (χ2v) is 7.52. The third-order valence-corrected chi connectivity index (χ3v) is 5.37. The molecule has 2 bridgehead atoms. The number of piperidine rings is 1. The van der Waals surface area contributed by atoms with Crippen LogP contribution in [0.15, 0.2) is 16.6 Å². The van der Waals surface area contributed by atoms with Crippen LogP contribution >= 0.6 is 15.9 Å². The maximum absolute atomic E-state index is 12.4. The molecule has 2 unspecified atom stereocenters. The summed E-state index contributed by atoms with van der Waals surface area (Å²) in [7, 11) is 0. The van der Waals surface area contributed by atoms with Gasteiger partial charge in [-0.05, 0) is 78.6 Å². The Bertz CT molecular complexity index is 523. The van der Waals surface area contributed by atoms with Crippen LogP contribution in [-0.4, -0.2) is 18.0 Å². The normalized spacial score (nSPS) is 27.7. The average Bonchev–Trinajstić information content (AvgIpc) is 2.73. The Kier molecular flexibility index (Phi) is 4.36. The maximum atomic E-state index is 12.4. The lowest BCUT2D eigenvalue weighted by Crippen LogP contribution is -2.39. The molecule has 1 aromatic rings. The Morgan fingerprint density at radius 3 is 2.57 bits per heavy atom. The van der Waals surface area contributed by atoms with E-state index < -0.39 is 0 Å². The number of amides is 1. The van der Waals surface area contributed by atoms with Gasteiger partial charge in [0, 0.05) is 23.0 Å². The average molecular weight is 351 g/mol. The van der Waals surface area contributed by atoms with Crippen LogP contribution in [-0.2, 0) is 4.79 Å². The maximum Gasteiger partial charge on any atom is 0.224 e. The molecule has 0 saturated carbocycles. The van der Waals surface area contributed by atoms with Gasteiger partial charge in [-0.3, -0.25) is 4.79 Å². The van der Waals surface area contributed by atoms with Crippen LogP contribution in [0.5, 0.6) is 0 Å². The zero-order valence-electron chi connectivity index (χ0n) is 12.7. The minimum Gasteiger partial charge on any atom is -0.325 e. The molecule has 0 aliphatic carbocycles. The molecule has 1 aromatic carbocycles. The van der Waals surface area contributed by atoms with Crippen LogP contribution in [0.25, 0.3) is 0 Å². The van der Waals surface area contributed by atoms with Crippen molar-refractivity contribution in [3.8, 4) is 0 Å². The van der Waals surface area contributed by atoms with Crippen molar-refractivity contribution in [3.63, 3.8) is 0 Å². The quantitative estimate of drug-likeness (QED) is 0.867. The Hall–Kier alpha value is -0.870. The molecule has 3 rings (SSSR count). The summed E-state index contributed by atoms with van der Waals surface area (Å²) in [5.74, 6) is 0.683. The van der Waals surface area contributed by atoms with Gasteiger partial charge in [-0.1, -0.05) is 6.07 Å². The smallest absolute Gasteiger partial charge is 0.224 e.